The molecule has 90 valence electrons. The fourth-order valence-corrected chi connectivity index (χ4v) is 2.64. The van der Waals surface area contributed by atoms with Crippen molar-refractivity contribution in [2.75, 3.05) is 6.26 Å². The first-order valence-electron chi connectivity index (χ1n) is 4.87. The van der Waals surface area contributed by atoms with Crippen molar-refractivity contribution in [1.82, 2.24) is 0 Å². The van der Waals surface area contributed by atoms with E-state index in [9.17, 15) is 12.8 Å². The van der Waals surface area contributed by atoms with Crippen molar-refractivity contribution in [3.05, 3.63) is 29.6 Å². The van der Waals surface area contributed by atoms with Gasteiger partial charge < -0.3 is 5.73 Å². The molecule has 1 rings (SSSR count). The van der Waals surface area contributed by atoms with Crippen LogP contribution < -0.4 is 5.73 Å². The number of hydrogen-bond acceptors (Lipinski definition) is 3. The molecule has 16 heavy (non-hydrogen) atoms. The minimum atomic E-state index is -3.57. The quantitative estimate of drug-likeness (QED) is 0.878. The maximum Gasteiger partial charge on any atom is 0.178 e. The maximum atomic E-state index is 13.5. The fraction of sp³-hybridized carbons (Fsp3) is 0.455. The summed E-state index contributed by atoms with van der Waals surface area (Å²) in [6.07, 6.45) is 1.31. The normalized spacial score (nSPS) is 12.8. The van der Waals surface area contributed by atoms with Gasteiger partial charge in [0.1, 0.15) is 10.7 Å². The molecule has 0 spiro atoms. The van der Waals surface area contributed by atoms with Crippen LogP contribution in [0, 0.1) is 5.82 Å². The molecule has 0 fully saturated rings. The van der Waals surface area contributed by atoms with Gasteiger partial charge in [0.15, 0.2) is 9.84 Å². The van der Waals surface area contributed by atoms with Crippen LogP contribution in [0.3, 0.4) is 0 Å². The summed E-state index contributed by atoms with van der Waals surface area (Å²) in [5.41, 5.74) is 5.66. The Morgan fingerprint density at radius 2 is 1.94 bits per heavy atom. The molecule has 2 N–H and O–H groups in total. The Morgan fingerprint density at radius 3 is 2.38 bits per heavy atom. The minimum Gasteiger partial charge on any atom is -0.325 e. The van der Waals surface area contributed by atoms with E-state index in [-0.39, 0.29) is 4.90 Å². The third-order valence-electron chi connectivity index (χ3n) is 2.07. The second kappa shape index (κ2) is 4.14. The van der Waals surface area contributed by atoms with Gasteiger partial charge in [0, 0.05) is 11.8 Å². The Morgan fingerprint density at radius 1 is 1.38 bits per heavy atom. The number of benzene rings is 1. The highest BCUT2D eigenvalue weighted by molar-refractivity contribution is 7.90. The standard InChI is InChI=1S/C11H16FNO2S/c1-11(2,13)7-8-5-4-6-9(12)10(8)16(3,14)15/h4-6H,7,13H2,1-3H3. The average molecular weight is 245 g/mol. The summed E-state index contributed by atoms with van der Waals surface area (Å²) in [6, 6.07) is 4.22. The van der Waals surface area contributed by atoms with Crippen LogP contribution in [0.5, 0.6) is 0 Å². The summed E-state index contributed by atoms with van der Waals surface area (Å²) in [5, 5.41) is 0. The molecule has 0 unspecified atom stereocenters. The monoisotopic (exact) mass is 245 g/mol. The Kier molecular flexibility index (Phi) is 3.40. The molecular weight excluding hydrogens is 229 g/mol. The predicted molar refractivity (Wildman–Crippen MR) is 61.5 cm³/mol. The van der Waals surface area contributed by atoms with Crippen LogP contribution >= 0.6 is 0 Å². The Hall–Kier alpha value is -0.940. The molecule has 5 heteroatoms. The van der Waals surface area contributed by atoms with Gasteiger partial charge in [-0.25, -0.2) is 12.8 Å². The van der Waals surface area contributed by atoms with Crippen molar-refractivity contribution in [3.63, 3.8) is 0 Å². The van der Waals surface area contributed by atoms with E-state index < -0.39 is 21.2 Å². The zero-order valence-corrected chi connectivity index (χ0v) is 10.4. The molecule has 0 aliphatic heterocycles. The second-order valence-corrected chi connectivity index (χ2v) is 6.62. The topological polar surface area (TPSA) is 60.2 Å². The highest BCUT2D eigenvalue weighted by atomic mass is 32.2. The van der Waals surface area contributed by atoms with Crippen LogP contribution in [-0.2, 0) is 16.3 Å². The van der Waals surface area contributed by atoms with Crippen LogP contribution in [0.1, 0.15) is 19.4 Å². The zero-order chi connectivity index (χ0) is 12.6. The van der Waals surface area contributed by atoms with Gasteiger partial charge in [-0.05, 0) is 31.9 Å². The molecular formula is C11H16FNO2S. The minimum absolute atomic E-state index is 0.242. The molecule has 1 aromatic rings. The van der Waals surface area contributed by atoms with Crippen LogP contribution in [0.4, 0.5) is 4.39 Å². The lowest BCUT2D eigenvalue weighted by molar-refractivity contribution is 0.503. The fourth-order valence-electron chi connectivity index (χ4n) is 1.60. The number of halogens is 1. The molecule has 0 aliphatic rings. The predicted octanol–water partition coefficient (Wildman–Crippen LogP) is 1.51. The molecule has 0 bridgehead atoms. The molecule has 0 heterocycles. The van der Waals surface area contributed by atoms with E-state index in [0.29, 0.717) is 12.0 Å². The molecule has 3 nitrogen and oxygen atoms in total. The number of hydrogen-bond donors (Lipinski definition) is 1. The first-order valence-corrected chi connectivity index (χ1v) is 6.77. The molecule has 1 aromatic carbocycles. The van der Waals surface area contributed by atoms with Crippen molar-refractivity contribution >= 4 is 9.84 Å². The lowest BCUT2D eigenvalue weighted by Crippen LogP contribution is -2.35. The van der Waals surface area contributed by atoms with Crippen molar-refractivity contribution in [1.29, 1.82) is 0 Å². The van der Waals surface area contributed by atoms with E-state index in [1.165, 1.54) is 6.07 Å². The zero-order valence-electron chi connectivity index (χ0n) is 9.62. The Balaban J connectivity index is 3.36. The molecule has 0 atom stereocenters. The van der Waals surface area contributed by atoms with Crippen LogP contribution in [0.25, 0.3) is 0 Å². The molecule has 0 radical (unpaired) electrons. The highest BCUT2D eigenvalue weighted by Crippen LogP contribution is 2.22. The lowest BCUT2D eigenvalue weighted by atomic mass is 9.96. The molecule has 0 saturated carbocycles. The van der Waals surface area contributed by atoms with Gasteiger partial charge in [-0.1, -0.05) is 12.1 Å². The van der Waals surface area contributed by atoms with E-state index in [1.54, 1.807) is 19.9 Å². The molecule has 0 amide bonds. The maximum absolute atomic E-state index is 13.5. The van der Waals surface area contributed by atoms with Crippen molar-refractivity contribution in [2.24, 2.45) is 5.73 Å². The van der Waals surface area contributed by atoms with E-state index in [1.807, 2.05) is 0 Å². The second-order valence-electron chi connectivity index (χ2n) is 4.67. The van der Waals surface area contributed by atoms with Gasteiger partial charge in [-0.3, -0.25) is 0 Å². The molecule has 0 aliphatic carbocycles. The van der Waals surface area contributed by atoms with Gasteiger partial charge in [-0.2, -0.15) is 0 Å². The van der Waals surface area contributed by atoms with E-state index in [2.05, 4.69) is 0 Å². The number of nitrogens with two attached hydrogens (primary N) is 1. The van der Waals surface area contributed by atoms with Crippen molar-refractivity contribution in [3.8, 4) is 0 Å². The van der Waals surface area contributed by atoms with E-state index in [0.717, 1.165) is 12.3 Å². The lowest BCUT2D eigenvalue weighted by Gasteiger charge is -2.20. The van der Waals surface area contributed by atoms with E-state index >= 15 is 0 Å². The summed E-state index contributed by atoms with van der Waals surface area (Å²) < 4.78 is 36.5. The number of sulfone groups is 1. The van der Waals surface area contributed by atoms with Crippen molar-refractivity contribution in [2.45, 2.75) is 30.7 Å². The van der Waals surface area contributed by atoms with Gasteiger partial charge in [0.25, 0.3) is 0 Å². The van der Waals surface area contributed by atoms with E-state index in [4.69, 9.17) is 5.73 Å². The first-order chi connectivity index (χ1) is 7.11. The Labute approximate surface area is 95.4 Å². The summed E-state index contributed by atoms with van der Waals surface area (Å²) in [6.45, 7) is 3.54. The SMILES string of the molecule is CC(C)(N)Cc1cccc(F)c1S(C)(=O)=O. The Bertz CT molecular complexity index is 489. The average Bonchev–Trinajstić information content (AvgIpc) is 1.97. The summed E-state index contributed by atoms with van der Waals surface area (Å²) >= 11 is 0. The third-order valence-corrected chi connectivity index (χ3v) is 3.26. The summed E-state index contributed by atoms with van der Waals surface area (Å²) in [5.74, 6) is -0.718. The van der Waals surface area contributed by atoms with Crippen LogP contribution in [0.15, 0.2) is 23.1 Å². The first kappa shape index (κ1) is 13.1. The van der Waals surface area contributed by atoms with Crippen molar-refractivity contribution < 1.29 is 12.8 Å². The summed E-state index contributed by atoms with van der Waals surface area (Å²) in [4.78, 5) is -0.242. The van der Waals surface area contributed by atoms with Crippen LogP contribution in [0.2, 0.25) is 0 Å². The largest absolute Gasteiger partial charge is 0.325 e. The van der Waals surface area contributed by atoms with Gasteiger partial charge >= 0.3 is 0 Å². The highest BCUT2D eigenvalue weighted by Gasteiger charge is 2.22. The number of rotatable bonds is 3. The van der Waals surface area contributed by atoms with Gasteiger partial charge in [0.2, 0.25) is 0 Å². The van der Waals surface area contributed by atoms with Crippen LogP contribution in [-0.4, -0.2) is 20.2 Å². The third kappa shape index (κ3) is 3.28. The molecule has 0 aromatic heterocycles. The van der Waals surface area contributed by atoms with Gasteiger partial charge in [0.05, 0.1) is 0 Å². The van der Waals surface area contributed by atoms with Gasteiger partial charge in [-0.15, -0.1) is 0 Å². The molecule has 0 saturated heterocycles. The smallest absolute Gasteiger partial charge is 0.178 e. The summed E-state index contributed by atoms with van der Waals surface area (Å²) in [7, 11) is -3.57.